The summed E-state index contributed by atoms with van der Waals surface area (Å²) >= 11 is 0. The van der Waals surface area contributed by atoms with Gasteiger partial charge in [-0.05, 0) is 24.7 Å². The van der Waals surface area contributed by atoms with E-state index in [0.29, 0.717) is 18.4 Å². The first-order valence-corrected chi connectivity index (χ1v) is 6.93. The third-order valence-corrected chi connectivity index (χ3v) is 3.49. The number of likely N-dealkylation sites (tertiary alicyclic amines) is 1. The predicted octanol–water partition coefficient (Wildman–Crippen LogP) is 1.75. The maximum absolute atomic E-state index is 12.1. The first kappa shape index (κ1) is 15.0. The van der Waals surface area contributed by atoms with Crippen molar-refractivity contribution >= 4 is 11.8 Å². The summed E-state index contributed by atoms with van der Waals surface area (Å²) in [7, 11) is 0. The Morgan fingerprint density at radius 1 is 1.28 bits per heavy atom. The van der Waals surface area contributed by atoms with E-state index in [1.54, 1.807) is 4.90 Å². The topological polar surface area (TPSA) is 40.6 Å². The molecule has 1 saturated heterocycles. The van der Waals surface area contributed by atoms with E-state index in [4.69, 9.17) is 0 Å². The molecule has 0 atom stereocenters. The molecular formula is C14H26N2O2. The van der Waals surface area contributed by atoms with E-state index in [2.05, 4.69) is 20.8 Å². The standard InChI is InChI=1S/C14H26N2O2/c1-11(2)9-16(13(4)17)10-14(18)15-7-5-12(3)6-8-15/h11-12H,5-10H2,1-4H3. The minimum absolute atomic E-state index is 0.0116. The first-order chi connectivity index (χ1) is 8.40. The van der Waals surface area contributed by atoms with Crippen LogP contribution in [0.4, 0.5) is 0 Å². The molecule has 4 nitrogen and oxygen atoms in total. The number of rotatable bonds is 4. The van der Waals surface area contributed by atoms with Crippen LogP contribution in [-0.2, 0) is 9.59 Å². The normalized spacial score (nSPS) is 17.1. The molecule has 1 heterocycles. The molecule has 0 N–H and O–H groups in total. The Balaban J connectivity index is 2.48. The zero-order valence-corrected chi connectivity index (χ0v) is 12.1. The lowest BCUT2D eigenvalue weighted by Crippen LogP contribution is -2.46. The van der Waals surface area contributed by atoms with Gasteiger partial charge in [-0.25, -0.2) is 0 Å². The van der Waals surface area contributed by atoms with Crippen LogP contribution in [0.15, 0.2) is 0 Å². The summed E-state index contributed by atoms with van der Waals surface area (Å²) in [6, 6.07) is 0. The smallest absolute Gasteiger partial charge is 0.242 e. The van der Waals surface area contributed by atoms with Gasteiger partial charge in [0.2, 0.25) is 11.8 Å². The third-order valence-electron chi connectivity index (χ3n) is 3.49. The summed E-state index contributed by atoms with van der Waals surface area (Å²) in [6.07, 6.45) is 2.16. The van der Waals surface area contributed by atoms with E-state index < -0.39 is 0 Å². The zero-order valence-electron chi connectivity index (χ0n) is 12.1. The SMILES string of the molecule is CC(=O)N(CC(=O)N1CCC(C)CC1)CC(C)C. The molecule has 0 bridgehead atoms. The van der Waals surface area contributed by atoms with Crippen molar-refractivity contribution in [3.63, 3.8) is 0 Å². The highest BCUT2D eigenvalue weighted by Crippen LogP contribution is 2.16. The first-order valence-electron chi connectivity index (χ1n) is 6.93. The van der Waals surface area contributed by atoms with Crippen LogP contribution in [0, 0.1) is 11.8 Å². The third kappa shape index (κ3) is 4.67. The summed E-state index contributed by atoms with van der Waals surface area (Å²) in [4.78, 5) is 27.2. The number of amides is 2. The number of carbonyl (C=O) groups excluding carboxylic acids is 2. The Morgan fingerprint density at radius 3 is 2.28 bits per heavy atom. The van der Waals surface area contributed by atoms with E-state index in [1.807, 2.05) is 4.90 Å². The highest BCUT2D eigenvalue weighted by molar-refractivity contribution is 5.83. The quantitative estimate of drug-likeness (QED) is 0.767. The van der Waals surface area contributed by atoms with Gasteiger partial charge >= 0.3 is 0 Å². The second-order valence-corrected chi connectivity index (χ2v) is 5.86. The number of nitrogens with zero attached hydrogens (tertiary/aromatic N) is 2. The van der Waals surface area contributed by atoms with Crippen molar-refractivity contribution in [3.8, 4) is 0 Å². The molecule has 0 radical (unpaired) electrons. The second kappa shape index (κ2) is 6.76. The van der Waals surface area contributed by atoms with Gasteiger partial charge in [0.05, 0.1) is 6.54 Å². The fraction of sp³-hybridized carbons (Fsp3) is 0.857. The monoisotopic (exact) mass is 254 g/mol. The molecule has 0 aromatic rings. The molecule has 2 amide bonds. The van der Waals surface area contributed by atoms with E-state index in [9.17, 15) is 9.59 Å². The van der Waals surface area contributed by atoms with Crippen LogP contribution in [0.3, 0.4) is 0 Å². The van der Waals surface area contributed by atoms with E-state index in [1.165, 1.54) is 6.92 Å². The maximum Gasteiger partial charge on any atom is 0.242 e. The molecule has 0 aliphatic carbocycles. The Bertz CT molecular complexity index is 294. The lowest BCUT2D eigenvalue weighted by molar-refractivity contribution is -0.140. The lowest BCUT2D eigenvalue weighted by Gasteiger charge is -2.32. The molecule has 104 valence electrons. The molecule has 1 rings (SSSR count). The number of piperidine rings is 1. The van der Waals surface area contributed by atoms with Gasteiger partial charge in [0.15, 0.2) is 0 Å². The minimum atomic E-state index is -0.0116. The molecule has 0 aromatic heterocycles. The number of hydrogen-bond donors (Lipinski definition) is 0. The van der Waals surface area contributed by atoms with Crippen LogP contribution in [-0.4, -0.2) is 47.8 Å². The van der Waals surface area contributed by atoms with Crippen LogP contribution in [0.5, 0.6) is 0 Å². The van der Waals surface area contributed by atoms with Crippen LogP contribution < -0.4 is 0 Å². The van der Waals surface area contributed by atoms with Gasteiger partial charge in [-0.1, -0.05) is 20.8 Å². The predicted molar refractivity (Wildman–Crippen MR) is 72.1 cm³/mol. The fourth-order valence-corrected chi connectivity index (χ4v) is 2.27. The van der Waals surface area contributed by atoms with Crippen molar-refractivity contribution < 1.29 is 9.59 Å². The van der Waals surface area contributed by atoms with Crippen molar-refractivity contribution in [1.29, 1.82) is 0 Å². The van der Waals surface area contributed by atoms with E-state index >= 15 is 0 Å². The Kier molecular flexibility index (Phi) is 5.63. The largest absolute Gasteiger partial charge is 0.341 e. The highest BCUT2D eigenvalue weighted by Gasteiger charge is 2.23. The molecule has 4 heteroatoms. The van der Waals surface area contributed by atoms with Crippen molar-refractivity contribution in [1.82, 2.24) is 9.80 Å². The highest BCUT2D eigenvalue weighted by atomic mass is 16.2. The molecule has 0 unspecified atom stereocenters. The van der Waals surface area contributed by atoms with Crippen LogP contribution in [0.1, 0.15) is 40.5 Å². The molecule has 1 fully saturated rings. The summed E-state index contributed by atoms with van der Waals surface area (Å²) in [5.74, 6) is 1.19. The number of carbonyl (C=O) groups is 2. The van der Waals surface area contributed by atoms with E-state index in [0.717, 1.165) is 25.9 Å². The van der Waals surface area contributed by atoms with Crippen molar-refractivity contribution in [2.45, 2.75) is 40.5 Å². The fourth-order valence-electron chi connectivity index (χ4n) is 2.27. The van der Waals surface area contributed by atoms with Crippen LogP contribution in [0.25, 0.3) is 0 Å². The van der Waals surface area contributed by atoms with Gasteiger partial charge in [-0.3, -0.25) is 9.59 Å². The molecule has 1 aliphatic heterocycles. The zero-order chi connectivity index (χ0) is 13.7. The minimum Gasteiger partial charge on any atom is -0.341 e. The molecule has 1 aliphatic rings. The van der Waals surface area contributed by atoms with Gasteiger partial charge in [0, 0.05) is 26.6 Å². The summed E-state index contributed by atoms with van der Waals surface area (Å²) in [6.45, 7) is 10.5. The molecule has 0 saturated carbocycles. The van der Waals surface area contributed by atoms with E-state index in [-0.39, 0.29) is 18.4 Å². The summed E-state index contributed by atoms with van der Waals surface area (Å²) in [5.41, 5.74) is 0. The van der Waals surface area contributed by atoms with Gasteiger partial charge in [-0.2, -0.15) is 0 Å². The van der Waals surface area contributed by atoms with Crippen LogP contribution in [0.2, 0.25) is 0 Å². The van der Waals surface area contributed by atoms with Crippen molar-refractivity contribution in [2.75, 3.05) is 26.2 Å². The average molecular weight is 254 g/mol. The molecule has 0 spiro atoms. The van der Waals surface area contributed by atoms with Gasteiger partial charge in [0.1, 0.15) is 0 Å². The lowest BCUT2D eigenvalue weighted by atomic mass is 9.99. The second-order valence-electron chi connectivity index (χ2n) is 5.86. The van der Waals surface area contributed by atoms with Gasteiger partial charge in [-0.15, -0.1) is 0 Å². The molecule has 0 aromatic carbocycles. The van der Waals surface area contributed by atoms with Gasteiger partial charge in [0.25, 0.3) is 0 Å². The van der Waals surface area contributed by atoms with Gasteiger partial charge < -0.3 is 9.80 Å². The summed E-state index contributed by atoms with van der Waals surface area (Å²) < 4.78 is 0. The Hall–Kier alpha value is -1.06. The summed E-state index contributed by atoms with van der Waals surface area (Å²) in [5, 5.41) is 0. The Morgan fingerprint density at radius 2 is 1.83 bits per heavy atom. The molecular weight excluding hydrogens is 228 g/mol. The maximum atomic E-state index is 12.1. The van der Waals surface area contributed by atoms with Crippen molar-refractivity contribution in [3.05, 3.63) is 0 Å². The molecule has 18 heavy (non-hydrogen) atoms. The average Bonchev–Trinajstić information content (AvgIpc) is 2.28. The van der Waals surface area contributed by atoms with Crippen molar-refractivity contribution in [2.24, 2.45) is 11.8 Å². The van der Waals surface area contributed by atoms with Crippen LogP contribution >= 0.6 is 0 Å². The Labute approximate surface area is 110 Å². The number of hydrogen-bond acceptors (Lipinski definition) is 2.